The number of benzene rings is 1. The Morgan fingerprint density at radius 1 is 1.26 bits per heavy atom. The summed E-state index contributed by atoms with van der Waals surface area (Å²) in [7, 11) is 0. The molecule has 1 unspecified atom stereocenters. The molecule has 0 radical (unpaired) electrons. The van der Waals surface area contributed by atoms with Crippen LogP contribution >= 0.6 is 24.0 Å². The summed E-state index contributed by atoms with van der Waals surface area (Å²) in [4.78, 5) is 14.7. The van der Waals surface area contributed by atoms with E-state index in [1.807, 2.05) is 29.2 Å². The Labute approximate surface area is 148 Å². The minimum absolute atomic E-state index is 0. The van der Waals surface area contributed by atoms with Crippen molar-refractivity contribution in [2.45, 2.75) is 43.7 Å². The fourth-order valence-corrected chi connectivity index (χ4v) is 3.73. The van der Waals surface area contributed by atoms with Crippen LogP contribution in [0.2, 0.25) is 5.02 Å². The third-order valence-electron chi connectivity index (χ3n) is 4.78. The van der Waals surface area contributed by atoms with Crippen molar-refractivity contribution in [2.24, 2.45) is 5.73 Å². The van der Waals surface area contributed by atoms with Crippen LogP contribution in [0, 0.1) is 0 Å². The molecular formula is C17H24Cl2N2O2. The number of carbonyl (C=O) groups excluding carboxylic acids is 1. The van der Waals surface area contributed by atoms with E-state index in [9.17, 15) is 4.79 Å². The van der Waals surface area contributed by atoms with Crippen molar-refractivity contribution in [2.75, 3.05) is 19.7 Å². The monoisotopic (exact) mass is 358 g/mol. The molecular weight excluding hydrogens is 335 g/mol. The third kappa shape index (κ3) is 4.00. The SMILES string of the molecule is Cl.NC1(C(=O)N2CCOC(c3ccccc3Cl)C2)CCCCC1. The van der Waals surface area contributed by atoms with Gasteiger partial charge in [-0.25, -0.2) is 0 Å². The van der Waals surface area contributed by atoms with E-state index in [4.69, 9.17) is 22.1 Å². The van der Waals surface area contributed by atoms with E-state index in [0.29, 0.717) is 24.7 Å². The lowest BCUT2D eigenvalue weighted by molar-refractivity contribution is -0.146. The normalized spacial score (nSPS) is 23.9. The maximum atomic E-state index is 12.8. The van der Waals surface area contributed by atoms with Gasteiger partial charge in [0, 0.05) is 17.1 Å². The van der Waals surface area contributed by atoms with Crippen molar-refractivity contribution >= 4 is 29.9 Å². The van der Waals surface area contributed by atoms with E-state index >= 15 is 0 Å². The van der Waals surface area contributed by atoms with Crippen LogP contribution in [0.3, 0.4) is 0 Å². The smallest absolute Gasteiger partial charge is 0.242 e. The largest absolute Gasteiger partial charge is 0.370 e. The van der Waals surface area contributed by atoms with E-state index < -0.39 is 5.54 Å². The summed E-state index contributed by atoms with van der Waals surface area (Å²) in [6.07, 6.45) is 4.68. The van der Waals surface area contributed by atoms with Gasteiger partial charge in [-0.15, -0.1) is 12.4 Å². The van der Waals surface area contributed by atoms with Crippen LogP contribution in [0.4, 0.5) is 0 Å². The Morgan fingerprint density at radius 3 is 2.65 bits per heavy atom. The lowest BCUT2D eigenvalue weighted by Gasteiger charge is -2.40. The zero-order valence-corrected chi connectivity index (χ0v) is 14.7. The van der Waals surface area contributed by atoms with Crippen LogP contribution in [0.25, 0.3) is 0 Å². The van der Waals surface area contributed by atoms with Crippen LogP contribution in [-0.2, 0) is 9.53 Å². The lowest BCUT2D eigenvalue weighted by Crippen LogP contribution is -2.58. The van der Waals surface area contributed by atoms with E-state index in [1.165, 1.54) is 6.42 Å². The first-order chi connectivity index (χ1) is 10.6. The first kappa shape index (κ1) is 18.5. The summed E-state index contributed by atoms with van der Waals surface area (Å²) < 4.78 is 5.83. The van der Waals surface area contributed by atoms with Gasteiger partial charge in [0.25, 0.3) is 0 Å². The summed E-state index contributed by atoms with van der Waals surface area (Å²) in [6, 6.07) is 7.65. The molecule has 3 rings (SSSR count). The van der Waals surface area contributed by atoms with Gasteiger partial charge in [-0.05, 0) is 18.9 Å². The predicted octanol–water partition coefficient (Wildman–Crippen LogP) is 3.32. The summed E-state index contributed by atoms with van der Waals surface area (Å²) in [6.45, 7) is 1.66. The fourth-order valence-electron chi connectivity index (χ4n) is 3.47. The molecule has 6 heteroatoms. The number of nitrogens with zero attached hydrogens (tertiary/aromatic N) is 1. The fraction of sp³-hybridized carbons (Fsp3) is 0.588. The van der Waals surface area contributed by atoms with Crippen LogP contribution in [0.15, 0.2) is 24.3 Å². The Kier molecular flexibility index (Phi) is 6.32. The van der Waals surface area contributed by atoms with Gasteiger partial charge in [-0.3, -0.25) is 4.79 Å². The molecule has 1 heterocycles. The molecule has 1 aliphatic carbocycles. The Bertz CT molecular complexity index is 547. The van der Waals surface area contributed by atoms with Crippen molar-refractivity contribution in [1.82, 2.24) is 4.90 Å². The average Bonchev–Trinajstić information content (AvgIpc) is 2.55. The number of amides is 1. The van der Waals surface area contributed by atoms with Gasteiger partial charge >= 0.3 is 0 Å². The number of rotatable bonds is 2. The van der Waals surface area contributed by atoms with Gasteiger partial charge in [0.1, 0.15) is 6.10 Å². The molecule has 0 aromatic heterocycles. The molecule has 1 aromatic carbocycles. The van der Waals surface area contributed by atoms with Gasteiger partial charge in [0.15, 0.2) is 0 Å². The average molecular weight is 359 g/mol. The maximum absolute atomic E-state index is 12.8. The highest BCUT2D eigenvalue weighted by atomic mass is 35.5. The molecule has 128 valence electrons. The molecule has 23 heavy (non-hydrogen) atoms. The quantitative estimate of drug-likeness (QED) is 0.881. The summed E-state index contributed by atoms with van der Waals surface area (Å²) >= 11 is 6.25. The molecule has 2 aliphatic rings. The molecule has 0 bridgehead atoms. The second kappa shape index (κ2) is 7.84. The van der Waals surface area contributed by atoms with Crippen LogP contribution in [0.5, 0.6) is 0 Å². The van der Waals surface area contributed by atoms with E-state index in [-0.39, 0.29) is 24.4 Å². The van der Waals surface area contributed by atoms with Crippen LogP contribution < -0.4 is 5.73 Å². The molecule has 1 aromatic rings. The minimum Gasteiger partial charge on any atom is -0.370 e. The van der Waals surface area contributed by atoms with E-state index in [0.717, 1.165) is 31.2 Å². The Balaban J connectivity index is 0.00000192. The molecule has 0 spiro atoms. The number of hydrogen-bond acceptors (Lipinski definition) is 3. The number of ether oxygens (including phenoxy) is 1. The van der Waals surface area contributed by atoms with Crippen molar-refractivity contribution < 1.29 is 9.53 Å². The molecule has 2 N–H and O–H groups in total. The van der Waals surface area contributed by atoms with Gasteiger partial charge < -0.3 is 15.4 Å². The molecule has 1 atom stereocenters. The van der Waals surface area contributed by atoms with E-state index in [1.54, 1.807) is 0 Å². The molecule has 1 aliphatic heterocycles. The van der Waals surface area contributed by atoms with Gasteiger partial charge in [0.2, 0.25) is 5.91 Å². The van der Waals surface area contributed by atoms with Gasteiger partial charge in [0.05, 0.1) is 18.7 Å². The summed E-state index contributed by atoms with van der Waals surface area (Å²) in [5.74, 6) is 0.0764. The van der Waals surface area contributed by atoms with Crippen molar-refractivity contribution in [3.05, 3.63) is 34.9 Å². The zero-order chi connectivity index (χ0) is 15.6. The van der Waals surface area contributed by atoms with Crippen LogP contribution in [-0.4, -0.2) is 36.0 Å². The maximum Gasteiger partial charge on any atom is 0.242 e. The van der Waals surface area contributed by atoms with Crippen LogP contribution in [0.1, 0.15) is 43.8 Å². The van der Waals surface area contributed by atoms with Crippen molar-refractivity contribution in [1.29, 1.82) is 0 Å². The second-order valence-corrected chi connectivity index (χ2v) is 6.76. The lowest BCUT2D eigenvalue weighted by atomic mass is 9.81. The topological polar surface area (TPSA) is 55.6 Å². The highest BCUT2D eigenvalue weighted by Crippen LogP contribution is 2.32. The van der Waals surface area contributed by atoms with E-state index in [2.05, 4.69) is 0 Å². The highest BCUT2D eigenvalue weighted by Gasteiger charge is 2.40. The summed E-state index contributed by atoms with van der Waals surface area (Å²) in [5.41, 5.74) is 6.65. The predicted molar refractivity (Wildman–Crippen MR) is 94.0 cm³/mol. The van der Waals surface area contributed by atoms with Gasteiger partial charge in [-0.1, -0.05) is 49.1 Å². The Hall–Kier alpha value is -0.810. The first-order valence-electron chi connectivity index (χ1n) is 8.04. The number of carbonyl (C=O) groups is 1. The molecule has 1 amide bonds. The second-order valence-electron chi connectivity index (χ2n) is 6.35. The standard InChI is InChI=1S/C17H23ClN2O2.ClH/c18-14-7-3-2-6-13(14)15-12-20(10-11-22-15)16(21)17(19)8-4-1-5-9-17;/h2-3,6-7,15H,1,4-5,8-12,19H2;1H. The minimum atomic E-state index is -0.680. The third-order valence-corrected chi connectivity index (χ3v) is 5.12. The van der Waals surface area contributed by atoms with Crippen molar-refractivity contribution in [3.63, 3.8) is 0 Å². The number of halogens is 2. The zero-order valence-electron chi connectivity index (χ0n) is 13.2. The molecule has 1 saturated carbocycles. The number of hydrogen-bond donors (Lipinski definition) is 1. The molecule has 4 nitrogen and oxygen atoms in total. The Morgan fingerprint density at radius 2 is 1.96 bits per heavy atom. The van der Waals surface area contributed by atoms with Crippen molar-refractivity contribution in [3.8, 4) is 0 Å². The molecule has 1 saturated heterocycles. The highest BCUT2D eigenvalue weighted by molar-refractivity contribution is 6.31. The van der Waals surface area contributed by atoms with Gasteiger partial charge in [-0.2, -0.15) is 0 Å². The number of morpholine rings is 1. The summed E-state index contributed by atoms with van der Waals surface area (Å²) in [5, 5.41) is 0.682. The molecule has 2 fully saturated rings. The number of nitrogens with two attached hydrogens (primary N) is 1. The first-order valence-corrected chi connectivity index (χ1v) is 8.42.